The summed E-state index contributed by atoms with van der Waals surface area (Å²) in [5.41, 5.74) is 5.18. The molecule has 26 heavy (non-hydrogen) atoms. The van der Waals surface area contributed by atoms with E-state index in [1.54, 1.807) is 25.0 Å². The second kappa shape index (κ2) is 9.74. The molecule has 2 rings (SSSR count). The fraction of sp³-hybridized carbons (Fsp3) is 0.556. The number of hydrogen-bond donors (Lipinski definition) is 1. The van der Waals surface area contributed by atoms with Crippen LogP contribution in [0.3, 0.4) is 0 Å². The molecule has 2 aromatic heterocycles. The van der Waals surface area contributed by atoms with Crippen LogP contribution < -0.4 is 5.73 Å². The Labute approximate surface area is 154 Å². The van der Waals surface area contributed by atoms with Crippen LogP contribution in [0, 0.1) is 0 Å². The van der Waals surface area contributed by atoms with Crippen LogP contribution in [0.4, 0.5) is 0 Å². The van der Waals surface area contributed by atoms with Crippen molar-refractivity contribution in [1.29, 1.82) is 0 Å². The Kier molecular flexibility index (Phi) is 7.37. The van der Waals surface area contributed by atoms with Crippen molar-refractivity contribution in [3.05, 3.63) is 37.4 Å². The van der Waals surface area contributed by atoms with Crippen molar-refractivity contribution in [2.24, 2.45) is 5.73 Å². The maximum absolute atomic E-state index is 13.1. The summed E-state index contributed by atoms with van der Waals surface area (Å²) in [5.74, 6) is -0.278. The number of primary amides is 1. The van der Waals surface area contributed by atoms with Gasteiger partial charge in [-0.15, -0.1) is 0 Å². The Morgan fingerprint density at radius 1 is 0.962 bits per heavy atom. The lowest BCUT2D eigenvalue weighted by atomic mass is 10.1. The lowest BCUT2D eigenvalue weighted by Crippen LogP contribution is -2.42. The van der Waals surface area contributed by atoms with E-state index in [-0.39, 0.29) is 24.1 Å². The number of carbonyl (C=O) groups is 2. The van der Waals surface area contributed by atoms with Crippen LogP contribution in [-0.4, -0.2) is 35.8 Å². The van der Waals surface area contributed by atoms with Crippen LogP contribution in [0.25, 0.3) is 0 Å². The molecule has 8 heteroatoms. The number of nitrogens with two attached hydrogens (primary N) is 1. The topological polar surface area (TPSA) is 99.0 Å². The third-order valence-electron chi connectivity index (χ3n) is 4.46. The third kappa shape index (κ3) is 4.93. The highest BCUT2D eigenvalue weighted by Gasteiger charge is 2.30. The third-order valence-corrected chi connectivity index (χ3v) is 4.46. The minimum Gasteiger partial charge on any atom is -0.370 e. The Balaban J connectivity index is 2.22. The molecular weight excluding hydrogens is 332 g/mol. The number of carbonyl (C=O) groups excluding carboxylic acids is 2. The van der Waals surface area contributed by atoms with Gasteiger partial charge < -0.3 is 19.8 Å². The Morgan fingerprint density at radius 3 is 1.85 bits per heavy atom. The van der Waals surface area contributed by atoms with E-state index in [0.717, 1.165) is 12.8 Å². The van der Waals surface area contributed by atoms with E-state index in [1.807, 2.05) is 26.4 Å². The zero-order valence-corrected chi connectivity index (χ0v) is 15.5. The zero-order chi connectivity index (χ0) is 18.9. The maximum Gasteiger partial charge on any atom is 0.225 e. The van der Waals surface area contributed by atoms with Crippen LogP contribution in [-0.2, 0) is 9.59 Å². The molecule has 2 unspecified atom stereocenters. The largest absolute Gasteiger partial charge is 0.370 e. The number of unbranched alkanes of at least 4 members (excludes halogenated alkanes) is 1. The fourth-order valence-corrected chi connectivity index (χ4v) is 3.23. The first-order chi connectivity index (χ1) is 12.6. The molecule has 0 fully saturated rings. The molecule has 0 aromatic carbocycles. The zero-order valence-electron chi connectivity index (χ0n) is 15.5. The molecule has 0 bridgehead atoms. The first kappa shape index (κ1) is 19.7. The number of rotatable bonds is 11. The van der Waals surface area contributed by atoms with Gasteiger partial charge in [-0.05, 0) is 25.7 Å². The van der Waals surface area contributed by atoms with E-state index in [1.165, 1.54) is 0 Å². The van der Waals surface area contributed by atoms with Crippen LogP contribution in [0.5, 0.6) is 0 Å². The summed E-state index contributed by atoms with van der Waals surface area (Å²) in [6.45, 7) is 4.11. The molecule has 0 saturated heterocycles. The van der Waals surface area contributed by atoms with Crippen molar-refractivity contribution in [2.45, 2.75) is 64.7 Å². The number of aromatic nitrogens is 4. The summed E-state index contributed by atoms with van der Waals surface area (Å²) in [6.07, 6.45) is 13.9. The van der Waals surface area contributed by atoms with Crippen molar-refractivity contribution in [2.75, 3.05) is 0 Å². The van der Waals surface area contributed by atoms with Gasteiger partial charge in [-0.25, -0.2) is 9.97 Å². The van der Waals surface area contributed by atoms with Gasteiger partial charge in [0.1, 0.15) is 12.3 Å². The smallest absolute Gasteiger partial charge is 0.225 e. The van der Waals surface area contributed by atoms with E-state index in [4.69, 9.17) is 5.73 Å². The summed E-state index contributed by atoms with van der Waals surface area (Å²) in [5, 5.41) is 0. The minimum absolute atomic E-state index is 0.0515. The highest BCUT2D eigenvalue weighted by molar-refractivity contribution is 5.77. The predicted octanol–water partition coefficient (Wildman–Crippen LogP) is 2.47. The number of imidazole rings is 2. The normalized spacial score (nSPS) is 13.3. The maximum atomic E-state index is 13.1. The van der Waals surface area contributed by atoms with Gasteiger partial charge >= 0.3 is 0 Å². The van der Waals surface area contributed by atoms with Crippen molar-refractivity contribution in [3.8, 4) is 0 Å². The van der Waals surface area contributed by atoms with E-state index in [0.29, 0.717) is 25.7 Å². The first-order valence-electron chi connectivity index (χ1n) is 9.12. The van der Waals surface area contributed by atoms with Crippen molar-refractivity contribution < 1.29 is 9.59 Å². The summed E-state index contributed by atoms with van der Waals surface area (Å²) in [6, 6.07) is 0. The number of nitrogens with zero attached hydrogens (tertiary/aromatic N) is 5. The molecule has 2 aromatic rings. The Bertz CT molecular complexity index is 626. The second-order valence-corrected chi connectivity index (χ2v) is 6.27. The van der Waals surface area contributed by atoms with Crippen LogP contribution in [0.15, 0.2) is 37.4 Å². The van der Waals surface area contributed by atoms with Gasteiger partial charge in [-0.3, -0.25) is 9.59 Å². The van der Waals surface area contributed by atoms with Crippen molar-refractivity contribution in [3.63, 3.8) is 0 Å². The molecule has 2 heterocycles. The molecule has 0 radical (unpaired) electrons. The Hall–Kier alpha value is -2.64. The highest BCUT2D eigenvalue weighted by atomic mass is 16.2. The van der Waals surface area contributed by atoms with Crippen LogP contribution >= 0.6 is 0 Å². The average molecular weight is 360 g/mol. The minimum atomic E-state index is -0.330. The van der Waals surface area contributed by atoms with Gasteiger partial charge in [0.25, 0.3) is 0 Å². The molecule has 142 valence electrons. The molecule has 2 N–H and O–H groups in total. The van der Waals surface area contributed by atoms with E-state index in [2.05, 4.69) is 23.8 Å². The summed E-state index contributed by atoms with van der Waals surface area (Å²) in [7, 11) is 0. The number of hydrogen-bond acceptors (Lipinski definition) is 4. The monoisotopic (exact) mass is 360 g/mol. The molecule has 0 spiro atoms. The van der Waals surface area contributed by atoms with Crippen molar-refractivity contribution >= 4 is 11.8 Å². The second-order valence-electron chi connectivity index (χ2n) is 6.27. The lowest BCUT2D eigenvalue weighted by molar-refractivity contribution is -0.142. The molecule has 0 aliphatic heterocycles. The fourth-order valence-electron chi connectivity index (χ4n) is 3.23. The van der Waals surface area contributed by atoms with Crippen LogP contribution in [0.2, 0.25) is 0 Å². The summed E-state index contributed by atoms with van der Waals surface area (Å²) in [4.78, 5) is 34.2. The molecule has 0 aliphatic rings. The van der Waals surface area contributed by atoms with Gasteiger partial charge in [0, 0.05) is 37.6 Å². The predicted molar refractivity (Wildman–Crippen MR) is 97.6 cm³/mol. The van der Waals surface area contributed by atoms with Gasteiger partial charge in [-0.1, -0.05) is 13.8 Å². The van der Waals surface area contributed by atoms with Crippen molar-refractivity contribution in [1.82, 2.24) is 24.0 Å². The molecule has 2 amide bonds. The first-order valence-corrected chi connectivity index (χ1v) is 9.12. The average Bonchev–Trinajstić information content (AvgIpc) is 3.32. The van der Waals surface area contributed by atoms with Gasteiger partial charge in [0.2, 0.25) is 11.8 Å². The SMILES string of the molecule is CCC(N(C(=O)CCCCC(N)=O)C(CC)n1ccnc1)n1ccnc1. The molecular formula is C18H28N6O2. The quantitative estimate of drug-likeness (QED) is 0.622. The van der Waals surface area contributed by atoms with Gasteiger partial charge in [0.15, 0.2) is 0 Å². The summed E-state index contributed by atoms with van der Waals surface area (Å²) < 4.78 is 3.92. The summed E-state index contributed by atoms with van der Waals surface area (Å²) >= 11 is 0. The van der Waals surface area contributed by atoms with Gasteiger partial charge in [0.05, 0.1) is 12.7 Å². The standard InChI is InChI=1S/C18H28N6O2/c1-3-16(22-11-9-20-13-22)24(17(4-2)23-12-10-21-14-23)18(26)8-6-5-7-15(19)25/h9-14,16-17H,3-8H2,1-2H3,(H2,19,25). The molecule has 0 saturated carbocycles. The van der Waals surface area contributed by atoms with Crippen LogP contribution in [0.1, 0.15) is 64.7 Å². The molecule has 8 nitrogen and oxygen atoms in total. The van der Waals surface area contributed by atoms with E-state index < -0.39 is 0 Å². The van der Waals surface area contributed by atoms with E-state index in [9.17, 15) is 9.59 Å². The lowest BCUT2D eigenvalue weighted by Gasteiger charge is -2.38. The van der Waals surface area contributed by atoms with E-state index >= 15 is 0 Å². The molecule has 0 aliphatic carbocycles. The Morgan fingerprint density at radius 2 is 1.46 bits per heavy atom. The highest BCUT2D eigenvalue weighted by Crippen LogP contribution is 2.29. The number of amides is 2. The molecule has 2 atom stereocenters. The van der Waals surface area contributed by atoms with Gasteiger partial charge in [-0.2, -0.15) is 0 Å².